The van der Waals surface area contributed by atoms with E-state index in [1.807, 2.05) is 29.9 Å². The summed E-state index contributed by atoms with van der Waals surface area (Å²) in [5.41, 5.74) is 3.08. The lowest BCUT2D eigenvalue weighted by atomic mass is 10.1. The van der Waals surface area contributed by atoms with Gasteiger partial charge < -0.3 is 4.74 Å². The van der Waals surface area contributed by atoms with Gasteiger partial charge in [-0.05, 0) is 59.7 Å². The van der Waals surface area contributed by atoms with Crippen molar-refractivity contribution in [2.75, 3.05) is 7.11 Å². The Kier molecular flexibility index (Phi) is 4.08. The van der Waals surface area contributed by atoms with Crippen LogP contribution in [0, 0.1) is 10.5 Å². The molecule has 0 saturated heterocycles. The van der Waals surface area contributed by atoms with Crippen LogP contribution in [-0.2, 0) is 0 Å². The van der Waals surface area contributed by atoms with Crippen molar-refractivity contribution >= 4 is 33.5 Å². The number of aryl methyl sites for hydroxylation is 1. The van der Waals surface area contributed by atoms with E-state index in [1.165, 1.54) is 0 Å². The maximum atomic E-state index is 5.41. The summed E-state index contributed by atoms with van der Waals surface area (Å²) in [6, 6.07) is 8.15. The van der Waals surface area contributed by atoms with Crippen molar-refractivity contribution in [1.82, 2.24) is 14.8 Å². The molecule has 2 heterocycles. The number of hydrogen-bond donors (Lipinski definition) is 0. The van der Waals surface area contributed by atoms with E-state index in [1.54, 1.807) is 7.11 Å². The Hall–Kier alpha value is -1.63. The molecule has 0 aliphatic rings. The number of benzene rings is 1. The van der Waals surface area contributed by atoms with E-state index >= 15 is 0 Å². The number of fused-ring (bicyclic) bond motifs is 1. The molecule has 0 atom stereocenters. The molecule has 3 aromatic rings. The second kappa shape index (κ2) is 5.87. The monoisotopic (exact) mass is 407 g/mol. The third-order valence-corrected chi connectivity index (χ3v) is 4.67. The Bertz CT molecular complexity index is 839. The van der Waals surface area contributed by atoms with Crippen LogP contribution in [0.15, 0.2) is 30.5 Å². The van der Waals surface area contributed by atoms with Gasteiger partial charge in [0.05, 0.1) is 18.3 Å². The zero-order chi connectivity index (χ0) is 15.9. The molecular formula is C17H18IN3O. The van der Waals surface area contributed by atoms with Crippen molar-refractivity contribution in [3.05, 3.63) is 45.3 Å². The molecule has 0 spiro atoms. The summed E-state index contributed by atoms with van der Waals surface area (Å²) in [5, 5.41) is 5.76. The standard InChI is InChI=1S/C17H18IN3O/c1-10(2)14-7-8-21(20-14)16-9-13(18)12-5-6-15(22-4)11(3)17(12)19-16/h5-10H,1-4H3. The average Bonchev–Trinajstić information content (AvgIpc) is 2.98. The molecule has 2 aromatic heterocycles. The Morgan fingerprint density at radius 1 is 1.23 bits per heavy atom. The summed E-state index contributed by atoms with van der Waals surface area (Å²) >= 11 is 2.35. The molecule has 5 heteroatoms. The third kappa shape index (κ3) is 2.58. The predicted octanol–water partition coefficient (Wildman–Crippen LogP) is 4.47. The Balaban J connectivity index is 2.20. The van der Waals surface area contributed by atoms with Gasteiger partial charge in [0.1, 0.15) is 5.75 Å². The van der Waals surface area contributed by atoms with Crippen molar-refractivity contribution in [3.8, 4) is 11.6 Å². The number of pyridine rings is 1. The van der Waals surface area contributed by atoms with E-state index in [0.29, 0.717) is 5.92 Å². The first-order valence-electron chi connectivity index (χ1n) is 7.21. The summed E-state index contributed by atoms with van der Waals surface area (Å²) in [6.07, 6.45) is 1.97. The van der Waals surface area contributed by atoms with Crippen molar-refractivity contribution in [3.63, 3.8) is 0 Å². The summed E-state index contributed by atoms with van der Waals surface area (Å²) in [5.74, 6) is 2.10. The van der Waals surface area contributed by atoms with Gasteiger partial charge in [-0.2, -0.15) is 5.10 Å². The van der Waals surface area contributed by atoms with Crippen LogP contribution < -0.4 is 4.74 Å². The van der Waals surface area contributed by atoms with E-state index in [-0.39, 0.29) is 0 Å². The van der Waals surface area contributed by atoms with E-state index < -0.39 is 0 Å². The molecule has 0 aliphatic heterocycles. The minimum atomic E-state index is 0.405. The highest BCUT2D eigenvalue weighted by Crippen LogP contribution is 2.30. The zero-order valence-electron chi connectivity index (χ0n) is 13.1. The Labute approximate surface area is 143 Å². The van der Waals surface area contributed by atoms with E-state index in [9.17, 15) is 0 Å². The average molecular weight is 407 g/mol. The van der Waals surface area contributed by atoms with Gasteiger partial charge in [0.25, 0.3) is 0 Å². The zero-order valence-corrected chi connectivity index (χ0v) is 15.2. The maximum absolute atomic E-state index is 5.41. The fourth-order valence-electron chi connectivity index (χ4n) is 2.47. The van der Waals surface area contributed by atoms with Crippen molar-refractivity contribution in [1.29, 1.82) is 0 Å². The van der Waals surface area contributed by atoms with Crippen LogP contribution >= 0.6 is 22.6 Å². The first kappa shape index (κ1) is 15.3. The number of ether oxygens (including phenoxy) is 1. The molecule has 1 aromatic carbocycles. The van der Waals surface area contributed by atoms with E-state index in [4.69, 9.17) is 9.72 Å². The summed E-state index contributed by atoms with van der Waals surface area (Å²) < 4.78 is 8.41. The van der Waals surface area contributed by atoms with Gasteiger partial charge in [-0.25, -0.2) is 9.67 Å². The van der Waals surface area contributed by atoms with Crippen LogP contribution in [0.2, 0.25) is 0 Å². The normalized spacial score (nSPS) is 11.4. The lowest BCUT2D eigenvalue weighted by Crippen LogP contribution is -2.02. The minimum absolute atomic E-state index is 0.405. The van der Waals surface area contributed by atoms with Gasteiger partial charge in [-0.3, -0.25) is 0 Å². The largest absolute Gasteiger partial charge is 0.496 e. The first-order valence-corrected chi connectivity index (χ1v) is 8.29. The topological polar surface area (TPSA) is 39.9 Å². The highest BCUT2D eigenvalue weighted by molar-refractivity contribution is 14.1. The fourth-order valence-corrected chi connectivity index (χ4v) is 3.18. The van der Waals surface area contributed by atoms with E-state index in [2.05, 4.69) is 53.7 Å². The molecule has 0 N–H and O–H groups in total. The quantitative estimate of drug-likeness (QED) is 0.602. The van der Waals surface area contributed by atoms with Gasteiger partial charge in [-0.15, -0.1) is 0 Å². The van der Waals surface area contributed by atoms with E-state index in [0.717, 1.165) is 37.3 Å². The van der Waals surface area contributed by atoms with Crippen LogP contribution in [0.5, 0.6) is 5.75 Å². The number of hydrogen-bond acceptors (Lipinski definition) is 3. The second-order valence-corrected chi connectivity index (χ2v) is 6.75. The lowest BCUT2D eigenvalue weighted by Gasteiger charge is -2.11. The molecule has 22 heavy (non-hydrogen) atoms. The minimum Gasteiger partial charge on any atom is -0.496 e. The number of methoxy groups -OCH3 is 1. The highest BCUT2D eigenvalue weighted by atomic mass is 127. The van der Waals surface area contributed by atoms with Gasteiger partial charge in [0.15, 0.2) is 5.82 Å². The lowest BCUT2D eigenvalue weighted by molar-refractivity contribution is 0.412. The molecule has 0 bridgehead atoms. The molecule has 114 valence electrons. The molecule has 4 nitrogen and oxygen atoms in total. The smallest absolute Gasteiger partial charge is 0.155 e. The molecular weight excluding hydrogens is 389 g/mol. The van der Waals surface area contributed by atoms with Crippen molar-refractivity contribution in [2.45, 2.75) is 26.7 Å². The summed E-state index contributed by atoms with van der Waals surface area (Å²) in [7, 11) is 1.69. The number of halogens is 1. The molecule has 0 fully saturated rings. The van der Waals surface area contributed by atoms with Crippen molar-refractivity contribution in [2.24, 2.45) is 0 Å². The molecule has 0 saturated carbocycles. The molecule has 0 amide bonds. The highest BCUT2D eigenvalue weighted by Gasteiger charge is 2.12. The van der Waals surface area contributed by atoms with Gasteiger partial charge in [0, 0.05) is 20.7 Å². The van der Waals surface area contributed by atoms with Crippen LogP contribution in [0.25, 0.3) is 16.7 Å². The van der Waals surface area contributed by atoms with Crippen molar-refractivity contribution < 1.29 is 4.74 Å². The van der Waals surface area contributed by atoms with Gasteiger partial charge in [-0.1, -0.05) is 13.8 Å². The third-order valence-electron chi connectivity index (χ3n) is 3.78. The summed E-state index contributed by atoms with van der Waals surface area (Å²) in [6.45, 7) is 6.31. The SMILES string of the molecule is COc1ccc2c(I)cc(-n3ccc(C(C)C)n3)nc2c1C. The molecule has 0 aliphatic carbocycles. The predicted molar refractivity (Wildman–Crippen MR) is 97.0 cm³/mol. The van der Waals surface area contributed by atoms with Crippen LogP contribution in [-0.4, -0.2) is 21.9 Å². The molecule has 0 unspecified atom stereocenters. The van der Waals surface area contributed by atoms with Gasteiger partial charge >= 0.3 is 0 Å². The molecule has 3 rings (SSSR count). The molecule has 0 radical (unpaired) electrons. The Morgan fingerprint density at radius 3 is 2.64 bits per heavy atom. The van der Waals surface area contributed by atoms with Crippen LogP contribution in [0.4, 0.5) is 0 Å². The van der Waals surface area contributed by atoms with Crippen LogP contribution in [0.1, 0.15) is 31.0 Å². The van der Waals surface area contributed by atoms with Crippen LogP contribution in [0.3, 0.4) is 0 Å². The number of nitrogens with zero attached hydrogens (tertiary/aromatic N) is 3. The Morgan fingerprint density at radius 2 is 2.00 bits per heavy atom. The maximum Gasteiger partial charge on any atom is 0.155 e. The first-order chi connectivity index (χ1) is 10.5. The number of rotatable bonds is 3. The number of aromatic nitrogens is 3. The fraction of sp³-hybridized carbons (Fsp3) is 0.294. The second-order valence-electron chi connectivity index (χ2n) is 5.59. The van der Waals surface area contributed by atoms with Gasteiger partial charge in [0.2, 0.25) is 0 Å². The summed E-state index contributed by atoms with van der Waals surface area (Å²) in [4.78, 5) is 4.80.